The molecule has 1 aliphatic rings. The predicted octanol–water partition coefficient (Wildman–Crippen LogP) is 2.41. The van der Waals surface area contributed by atoms with Crippen molar-refractivity contribution < 1.29 is 4.79 Å². The third kappa shape index (κ3) is 3.44. The largest absolute Gasteiger partial charge is 0.337 e. The zero-order valence-electron chi connectivity index (χ0n) is 11.8. The molecule has 1 aliphatic heterocycles. The van der Waals surface area contributed by atoms with Gasteiger partial charge in [0.1, 0.15) is 0 Å². The molecule has 1 rings (SSSR count). The van der Waals surface area contributed by atoms with Crippen molar-refractivity contribution in [2.45, 2.75) is 65.5 Å². The normalized spacial score (nSPS) is 25.4. The van der Waals surface area contributed by atoms with Gasteiger partial charge in [0, 0.05) is 31.1 Å². The van der Waals surface area contributed by atoms with Gasteiger partial charge in [0.2, 0.25) is 5.91 Å². The SMILES string of the molecule is CCC1CN(C(=O)C(CC)CC)C(CC)CN1. The summed E-state index contributed by atoms with van der Waals surface area (Å²) in [4.78, 5) is 14.6. The van der Waals surface area contributed by atoms with Gasteiger partial charge in [-0.1, -0.05) is 27.7 Å². The monoisotopic (exact) mass is 240 g/mol. The molecule has 100 valence electrons. The number of carbonyl (C=O) groups is 1. The highest BCUT2D eigenvalue weighted by molar-refractivity contribution is 5.79. The van der Waals surface area contributed by atoms with Crippen LogP contribution in [0.2, 0.25) is 0 Å². The van der Waals surface area contributed by atoms with E-state index in [2.05, 4.69) is 37.9 Å². The summed E-state index contributed by atoms with van der Waals surface area (Å²) in [5.74, 6) is 0.599. The van der Waals surface area contributed by atoms with Gasteiger partial charge in [0.15, 0.2) is 0 Å². The Morgan fingerprint density at radius 1 is 1.24 bits per heavy atom. The molecule has 0 aromatic heterocycles. The van der Waals surface area contributed by atoms with Crippen LogP contribution in [0.4, 0.5) is 0 Å². The third-order valence-electron chi connectivity index (χ3n) is 4.08. The first kappa shape index (κ1) is 14.5. The molecule has 1 fully saturated rings. The predicted molar refractivity (Wildman–Crippen MR) is 71.9 cm³/mol. The molecule has 0 saturated carbocycles. The number of nitrogens with zero attached hydrogens (tertiary/aromatic N) is 1. The van der Waals surface area contributed by atoms with Crippen LogP contribution >= 0.6 is 0 Å². The lowest BCUT2D eigenvalue weighted by atomic mass is 9.97. The molecule has 0 bridgehead atoms. The zero-order valence-corrected chi connectivity index (χ0v) is 11.8. The quantitative estimate of drug-likeness (QED) is 0.800. The molecular weight excluding hydrogens is 212 g/mol. The first-order valence-electron chi connectivity index (χ1n) is 7.21. The van der Waals surface area contributed by atoms with Gasteiger partial charge < -0.3 is 10.2 Å². The highest BCUT2D eigenvalue weighted by Crippen LogP contribution is 2.19. The van der Waals surface area contributed by atoms with Crippen LogP contribution in [-0.2, 0) is 4.79 Å². The molecule has 2 unspecified atom stereocenters. The Kier molecular flexibility index (Phi) is 5.96. The number of amides is 1. The van der Waals surface area contributed by atoms with E-state index in [1.54, 1.807) is 0 Å². The summed E-state index contributed by atoms with van der Waals surface area (Å²) in [5.41, 5.74) is 0. The number of nitrogens with one attached hydrogen (secondary N) is 1. The standard InChI is InChI=1S/C14H28N2O/c1-5-11(6-2)14(17)16-10-12(7-3)15-9-13(16)8-4/h11-13,15H,5-10H2,1-4H3. The van der Waals surface area contributed by atoms with Gasteiger partial charge in [0.05, 0.1) is 0 Å². The van der Waals surface area contributed by atoms with Gasteiger partial charge in [-0.05, 0) is 25.7 Å². The Morgan fingerprint density at radius 2 is 1.88 bits per heavy atom. The highest BCUT2D eigenvalue weighted by Gasteiger charge is 2.31. The van der Waals surface area contributed by atoms with Gasteiger partial charge in [-0.3, -0.25) is 4.79 Å². The Balaban J connectivity index is 2.71. The molecule has 0 radical (unpaired) electrons. The molecule has 1 amide bonds. The number of rotatable bonds is 5. The minimum atomic E-state index is 0.222. The Hall–Kier alpha value is -0.570. The fraction of sp³-hybridized carbons (Fsp3) is 0.929. The second kappa shape index (κ2) is 7.00. The molecule has 3 nitrogen and oxygen atoms in total. The third-order valence-corrected chi connectivity index (χ3v) is 4.08. The molecular formula is C14H28N2O. The minimum Gasteiger partial charge on any atom is -0.337 e. The van der Waals surface area contributed by atoms with E-state index in [-0.39, 0.29) is 5.92 Å². The summed E-state index contributed by atoms with van der Waals surface area (Å²) in [6, 6.07) is 0.877. The number of carbonyl (C=O) groups excluding carboxylic acids is 1. The van der Waals surface area contributed by atoms with E-state index in [9.17, 15) is 4.79 Å². The average molecular weight is 240 g/mol. The fourth-order valence-electron chi connectivity index (χ4n) is 2.64. The second-order valence-electron chi connectivity index (χ2n) is 5.08. The van der Waals surface area contributed by atoms with E-state index < -0.39 is 0 Å². The molecule has 3 heteroatoms. The molecule has 0 spiro atoms. The van der Waals surface area contributed by atoms with Gasteiger partial charge in [-0.25, -0.2) is 0 Å². The van der Waals surface area contributed by atoms with Gasteiger partial charge in [0.25, 0.3) is 0 Å². The molecule has 1 N–H and O–H groups in total. The van der Waals surface area contributed by atoms with Crippen molar-refractivity contribution in [3.63, 3.8) is 0 Å². The van der Waals surface area contributed by atoms with E-state index in [1.807, 2.05) is 0 Å². The summed E-state index contributed by atoms with van der Waals surface area (Å²) < 4.78 is 0. The van der Waals surface area contributed by atoms with E-state index in [0.717, 1.165) is 38.8 Å². The van der Waals surface area contributed by atoms with E-state index in [4.69, 9.17) is 0 Å². The Morgan fingerprint density at radius 3 is 2.35 bits per heavy atom. The maximum absolute atomic E-state index is 12.5. The molecule has 0 aromatic rings. The first-order chi connectivity index (χ1) is 8.17. The first-order valence-corrected chi connectivity index (χ1v) is 7.21. The molecule has 2 atom stereocenters. The lowest BCUT2D eigenvalue weighted by Crippen LogP contribution is -2.59. The van der Waals surface area contributed by atoms with E-state index >= 15 is 0 Å². The fourth-order valence-corrected chi connectivity index (χ4v) is 2.64. The molecule has 17 heavy (non-hydrogen) atoms. The van der Waals surface area contributed by atoms with Crippen LogP contribution in [0, 0.1) is 5.92 Å². The van der Waals surface area contributed by atoms with Crippen LogP contribution in [0.25, 0.3) is 0 Å². The van der Waals surface area contributed by atoms with Gasteiger partial charge >= 0.3 is 0 Å². The van der Waals surface area contributed by atoms with E-state index in [1.165, 1.54) is 0 Å². The van der Waals surface area contributed by atoms with Crippen LogP contribution < -0.4 is 5.32 Å². The number of piperazine rings is 1. The maximum Gasteiger partial charge on any atom is 0.226 e. The van der Waals surface area contributed by atoms with Crippen LogP contribution in [0.3, 0.4) is 0 Å². The lowest BCUT2D eigenvalue weighted by molar-refractivity contribution is -0.140. The summed E-state index contributed by atoms with van der Waals surface area (Å²) in [5, 5.41) is 3.54. The number of hydrogen-bond acceptors (Lipinski definition) is 2. The van der Waals surface area contributed by atoms with Crippen molar-refractivity contribution >= 4 is 5.91 Å². The van der Waals surface area contributed by atoms with E-state index in [0.29, 0.717) is 18.0 Å². The Labute approximate surface area is 106 Å². The van der Waals surface area contributed by atoms with Gasteiger partial charge in [-0.2, -0.15) is 0 Å². The summed E-state index contributed by atoms with van der Waals surface area (Å²) in [7, 11) is 0. The van der Waals surface area contributed by atoms with Crippen molar-refractivity contribution in [2.75, 3.05) is 13.1 Å². The lowest BCUT2D eigenvalue weighted by Gasteiger charge is -2.41. The second-order valence-corrected chi connectivity index (χ2v) is 5.08. The molecule has 0 aliphatic carbocycles. The van der Waals surface area contributed by atoms with Gasteiger partial charge in [-0.15, -0.1) is 0 Å². The highest BCUT2D eigenvalue weighted by atomic mass is 16.2. The van der Waals surface area contributed by atoms with Crippen LogP contribution in [0.15, 0.2) is 0 Å². The molecule has 1 saturated heterocycles. The van der Waals surface area contributed by atoms with Crippen LogP contribution in [0.1, 0.15) is 53.4 Å². The Bertz CT molecular complexity index is 238. The number of hydrogen-bond donors (Lipinski definition) is 1. The minimum absolute atomic E-state index is 0.222. The van der Waals surface area contributed by atoms with Crippen molar-refractivity contribution in [3.8, 4) is 0 Å². The smallest absolute Gasteiger partial charge is 0.226 e. The maximum atomic E-state index is 12.5. The average Bonchev–Trinajstić information content (AvgIpc) is 2.39. The van der Waals surface area contributed by atoms with Crippen LogP contribution in [-0.4, -0.2) is 36.0 Å². The molecule has 1 heterocycles. The van der Waals surface area contributed by atoms with Crippen LogP contribution in [0.5, 0.6) is 0 Å². The zero-order chi connectivity index (χ0) is 12.8. The molecule has 0 aromatic carbocycles. The van der Waals surface area contributed by atoms with Crippen molar-refractivity contribution in [1.29, 1.82) is 0 Å². The summed E-state index contributed by atoms with van der Waals surface area (Å²) >= 11 is 0. The summed E-state index contributed by atoms with van der Waals surface area (Å²) in [6.45, 7) is 10.4. The summed E-state index contributed by atoms with van der Waals surface area (Å²) in [6.07, 6.45) is 4.08. The van der Waals surface area contributed by atoms with Crippen molar-refractivity contribution in [1.82, 2.24) is 10.2 Å². The van der Waals surface area contributed by atoms with Crippen molar-refractivity contribution in [3.05, 3.63) is 0 Å². The van der Waals surface area contributed by atoms with Crippen molar-refractivity contribution in [2.24, 2.45) is 5.92 Å². The topological polar surface area (TPSA) is 32.3 Å².